The first-order valence-electron chi connectivity index (χ1n) is 6.24. The van der Waals surface area contributed by atoms with E-state index in [4.69, 9.17) is 10.8 Å². The normalized spacial score (nSPS) is 14.8. The number of carbonyl (C=O) groups is 1. The van der Waals surface area contributed by atoms with Crippen LogP contribution in [0.25, 0.3) is 0 Å². The lowest BCUT2D eigenvalue weighted by molar-refractivity contribution is 0.0698. The predicted octanol–water partition coefficient (Wildman–Crippen LogP) is 1.99. The van der Waals surface area contributed by atoms with Crippen molar-refractivity contribution in [3.8, 4) is 0 Å². The van der Waals surface area contributed by atoms with Crippen LogP contribution in [0, 0.1) is 5.92 Å². The van der Waals surface area contributed by atoms with E-state index in [0.717, 1.165) is 12.5 Å². The summed E-state index contributed by atoms with van der Waals surface area (Å²) in [4.78, 5) is 17.5. The van der Waals surface area contributed by atoms with Crippen LogP contribution in [-0.4, -0.2) is 28.6 Å². The van der Waals surface area contributed by atoms with Crippen molar-refractivity contribution in [3.05, 3.63) is 17.8 Å². The molecule has 1 aliphatic rings. The van der Waals surface area contributed by atoms with Gasteiger partial charge in [-0.05, 0) is 38.7 Å². The standard InChI is InChI=1S/C13H19N3O2/c1-8(2)16(7-9-3-4-9)12-5-10(13(17)18)11(14)6-15-12/h5-6,8-9H,3-4,7,14H2,1-2H3,(H,17,18). The van der Waals surface area contributed by atoms with Crippen LogP contribution in [-0.2, 0) is 0 Å². The predicted molar refractivity (Wildman–Crippen MR) is 70.8 cm³/mol. The van der Waals surface area contributed by atoms with Gasteiger partial charge >= 0.3 is 5.97 Å². The van der Waals surface area contributed by atoms with Crippen molar-refractivity contribution < 1.29 is 9.90 Å². The summed E-state index contributed by atoms with van der Waals surface area (Å²) in [5, 5.41) is 9.08. The van der Waals surface area contributed by atoms with E-state index in [-0.39, 0.29) is 11.3 Å². The molecule has 0 saturated heterocycles. The second-order valence-corrected chi connectivity index (χ2v) is 5.12. The smallest absolute Gasteiger partial charge is 0.337 e. The average molecular weight is 249 g/mol. The Morgan fingerprint density at radius 3 is 2.78 bits per heavy atom. The van der Waals surface area contributed by atoms with Gasteiger partial charge in [0.25, 0.3) is 0 Å². The first-order chi connectivity index (χ1) is 8.49. The van der Waals surface area contributed by atoms with Gasteiger partial charge in [-0.3, -0.25) is 0 Å². The molecule has 1 saturated carbocycles. The highest BCUT2D eigenvalue weighted by Crippen LogP contribution is 2.32. The number of hydrogen-bond donors (Lipinski definition) is 2. The molecule has 0 amide bonds. The van der Waals surface area contributed by atoms with Crippen LogP contribution < -0.4 is 10.6 Å². The summed E-state index contributed by atoms with van der Waals surface area (Å²) in [5.74, 6) is 0.412. The number of nitrogens with zero attached hydrogens (tertiary/aromatic N) is 2. The van der Waals surface area contributed by atoms with E-state index in [1.807, 2.05) is 0 Å². The molecule has 2 rings (SSSR count). The zero-order valence-electron chi connectivity index (χ0n) is 10.8. The highest BCUT2D eigenvalue weighted by atomic mass is 16.4. The fourth-order valence-electron chi connectivity index (χ4n) is 1.94. The molecule has 0 atom stereocenters. The molecule has 5 heteroatoms. The van der Waals surface area contributed by atoms with Gasteiger partial charge in [0, 0.05) is 12.6 Å². The molecule has 1 fully saturated rings. The molecule has 1 aromatic rings. The number of hydrogen-bond acceptors (Lipinski definition) is 4. The number of nitrogens with two attached hydrogens (primary N) is 1. The van der Waals surface area contributed by atoms with Crippen molar-refractivity contribution in [2.75, 3.05) is 17.2 Å². The topological polar surface area (TPSA) is 79.5 Å². The molecule has 1 heterocycles. The third-order valence-corrected chi connectivity index (χ3v) is 3.22. The van der Waals surface area contributed by atoms with Gasteiger partial charge < -0.3 is 15.7 Å². The van der Waals surface area contributed by atoms with Gasteiger partial charge in [-0.1, -0.05) is 0 Å². The maximum atomic E-state index is 11.1. The van der Waals surface area contributed by atoms with Crippen LogP contribution in [0.3, 0.4) is 0 Å². The molecule has 18 heavy (non-hydrogen) atoms. The molecule has 0 aromatic carbocycles. The Morgan fingerprint density at radius 1 is 1.61 bits per heavy atom. The van der Waals surface area contributed by atoms with Crippen molar-refractivity contribution in [1.82, 2.24) is 4.98 Å². The monoisotopic (exact) mass is 249 g/mol. The minimum Gasteiger partial charge on any atom is -0.478 e. The van der Waals surface area contributed by atoms with Gasteiger partial charge in [-0.25, -0.2) is 9.78 Å². The number of aromatic nitrogens is 1. The molecule has 0 bridgehead atoms. The summed E-state index contributed by atoms with van der Waals surface area (Å²) >= 11 is 0. The van der Waals surface area contributed by atoms with Crippen molar-refractivity contribution in [3.63, 3.8) is 0 Å². The maximum absolute atomic E-state index is 11.1. The van der Waals surface area contributed by atoms with Crippen LogP contribution in [0.1, 0.15) is 37.0 Å². The fourth-order valence-corrected chi connectivity index (χ4v) is 1.94. The van der Waals surface area contributed by atoms with E-state index in [9.17, 15) is 4.79 Å². The molecule has 0 unspecified atom stereocenters. The Labute approximate surface area is 107 Å². The molecule has 5 nitrogen and oxygen atoms in total. The minimum absolute atomic E-state index is 0.126. The molecular formula is C13H19N3O2. The fraction of sp³-hybridized carbons (Fsp3) is 0.538. The first kappa shape index (κ1) is 12.7. The molecule has 0 aliphatic heterocycles. The quantitative estimate of drug-likeness (QED) is 0.834. The highest BCUT2D eigenvalue weighted by molar-refractivity contribution is 5.94. The number of rotatable bonds is 5. The maximum Gasteiger partial charge on any atom is 0.337 e. The van der Waals surface area contributed by atoms with E-state index >= 15 is 0 Å². The SMILES string of the molecule is CC(C)N(CC1CC1)c1cc(C(=O)O)c(N)cn1. The molecular weight excluding hydrogens is 230 g/mol. The lowest BCUT2D eigenvalue weighted by Crippen LogP contribution is -2.33. The van der Waals surface area contributed by atoms with Gasteiger partial charge in [0.1, 0.15) is 5.82 Å². The Balaban J connectivity index is 2.28. The lowest BCUT2D eigenvalue weighted by Gasteiger charge is -2.28. The molecule has 3 N–H and O–H groups in total. The number of aromatic carboxylic acids is 1. The Morgan fingerprint density at radius 2 is 2.28 bits per heavy atom. The summed E-state index contributed by atoms with van der Waals surface area (Å²) in [6, 6.07) is 1.86. The van der Waals surface area contributed by atoms with E-state index < -0.39 is 5.97 Å². The third kappa shape index (κ3) is 2.72. The van der Waals surface area contributed by atoms with Crippen LogP contribution in [0.2, 0.25) is 0 Å². The Bertz CT molecular complexity index is 456. The zero-order valence-corrected chi connectivity index (χ0v) is 10.8. The summed E-state index contributed by atoms with van der Waals surface area (Å²) in [5.41, 5.74) is 5.95. The highest BCUT2D eigenvalue weighted by Gasteiger charge is 2.26. The second-order valence-electron chi connectivity index (χ2n) is 5.12. The van der Waals surface area contributed by atoms with Gasteiger partial charge in [0.2, 0.25) is 0 Å². The van der Waals surface area contributed by atoms with Crippen molar-refractivity contribution in [2.45, 2.75) is 32.7 Å². The summed E-state index contributed by atoms with van der Waals surface area (Å²) in [6.45, 7) is 5.11. The number of nitrogen functional groups attached to an aromatic ring is 1. The van der Waals surface area contributed by atoms with Crippen molar-refractivity contribution in [2.24, 2.45) is 5.92 Å². The second kappa shape index (κ2) is 4.84. The molecule has 0 radical (unpaired) electrons. The minimum atomic E-state index is -1.01. The van der Waals surface area contributed by atoms with Gasteiger partial charge in [0.05, 0.1) is 17.4 Å². The summed E-state index contributed by atoms with van der Waals surface area (Å²) in [6.07, 6.45) is 3.94. The van der Waals surface area contributed by atoms with E-state index in [1.165, 1.54) is 19.0 Å². The largest absolute Gasteiger partial charge is 0.478 e. The average Bonchev–Trinajstić information content (AvgIpc) is 3.10. The van der Waals surface area contributed by atoms with Gasteiger partial charge in [-0.15, -0.1) is 0 Å². The van der Waals surface area contributed by atoms with Crippen LogP contribution in [0.15, 0.2) is 12.3 Å². The molecule has 1 aromatic heterocycles. The van der Waals surface area contributed by atoms with Gasteiger partial charge in [-0.2, -0.15) is 0 Å². The number of pyridine rings is 1. The summed E-state index contributed by atoms with van der Waals surface area (Å²) < 4.78 is 0. The van der Waals surface area contributed by atoms with E-state index in [0.29, 0.717) is 11.9 Å². The third-order valence-electron chi connectivity index (χ3n) is 3.22. The van der Waals surface area contributed by atoms with Gasteiger partial charge in [0.15, 0.2) is 0 Å². The molecule has 1 aliphatic carbocycles. The molecule has 0 spiro atoms. The molecule has 98 valence electrons. The van der Waals surface area contributed by atoms with Crippen LogP contribution in [0.5, 0.6) is 0 Å². The van der Waals surface area contributed by atoms with E-state index in [1.54, 1.807) is 6.07 Å². The van der Waals surface area contributed by atoms with Crippen LogP contribution in [0.4, 0.5) is 11.5 Å². The lowest BCUT2D eigenvalue weighted by atomic mass is 10.2. The number of carboxylic acid groups (broad SMARTS) is 1. The first-order valence-corrected chi connectivity index (χ1v) is 6.24. The number of anilines is 2. The summed E-state index contributed by atoms with van der Waals surface area (Å²) in [7, 11) is 0. The van der Waals surface area contributed by atoms with Crippen molar-refractivity contribution >= 4 is 17.5 Å². The number of carboxylic acids is 1. The van der Waals surface area contributed by atoms with E-state index in [2.05, 4.69) is 23.7 Å². The van der Waals surface area contributed by atoms with Crippen LogP contribution >= 0.6 is 0 Å². The Kier molecular flexibility index (Phi) is 3.41. The Hall–Kier alpha value is -1.78. The zero-order chi connectivity index (χ0) is 13.3. The van der Waals surface area contributed by atoms with Crippen molar-refractivity contribution in [1.29, 1.82) is 0 Å².